The second-order valence-corrected chi connectivity index (χ2v) is 8.79. The maximum absolute atomic E-state index is 13.0. The number of carbonyl (C=O) groups excluding carboxylic acids is 3. The first kappa shape index (κ1) is 24.3. The van der Waals surface area contributed by atoms with E-state index in [1.807, 2.05) is 32.0 Å². The minimum Gasteiger partial charge on any atom is -0.496 e. The summed E-state index contributed by atoms with van der Waals surface area (Å²) in [6.45, 7) is 5.62. The number of rotatable bonds is 8. The average Bonchev–Trinajstić information content (AvgIpc) is 2.85. The third-order valence-corrected chi connectivity index (χ3v) is 5.93. The summed E-state index contributed by atoms with van der Waals surface area (Å²) in [7, 11) is 1.55. The van der Waals surface area contributed by atoms with Crippen LogP contribution in [0.4, 0.5) is 0 Å². The van der Waals surface area contributed by atoms with Gasteiger partial charge in [-0.25, -0.2) is 0 Å². The molecule has 176 valence electrons. The van der Waals surface area contributed by atoms with E-state index in [0.717, 1.165) is 0 Å². The summed E-state index contributed by atoms with van der Waals surface area (Å²) in [5.41, 5.74) is 1.05. The topological polar surface area (TPSA) is 87.7 Å². The highest BCUT2D eigenvalue weighted by molar-refractivity contribution is 5.98. The molecular formula is C26H33N3O4. The first-order valence-corrected chi connectivity index (χ1v) is 11.5. The van der Waals surface area contributed by atoms with Crippen LogP contribution < -0.4 is 15.4 Å². The molecule has 3 rings (SSSR count). The van der Waals surface area contributed by atoms with Gasteiger partial charge in [0.15, 0.2) is 0 Å². The predicted molar refractivity (Wildman–Crippen MR) is 127 cm³/mol. The van der Waals surface area contributed by atoms with Gasteiger partial charge in [0.2, 0.25) is 5.91 Å². The fourth-order valence-electron chi connectivity index (χ4n) is 4.05. The molecule has 0 bridgehead atoms. The molecule has 7 heteroatoms. The van der Waals surface area contributed by atoms with Crippen LogP contribution in [0.25, 0.3) is 0 Å². The van der Waals surface area contributed by atoms with Crippen molar-refractivity contribution < 1.29 is 19.1 Å². The molecule has 0 aromatic heterocycles. The SMILES string of the molecule is COc1ccccc1C(=O)N1CCC([C@H](NC(=O)c2ccccc2)C(=O)NCC(C)C)CC1. The molecule has 3 amide bonds. The van der Waals surface area contributed by atoms with Gasteiger partial charge in [-0.15, -0.1) is 0 Å². The van der Waals surface area contributed by atoms with E-state index >= 15 is 0 Å². The number of carbonyl (C=O) groups is 3. The third-order valence-electron chi connectivity index (χ3n) is 5.93. The van der Waals surface area contributed by atoms with Gasteiger partial charge in [-0.3, -0.25) is 14.4 Å². The largest absolute Gasteiger partial charge is 0.496 e. The summed E-state index contributed by atoms with van der Waals surface area (Å²) in [4.78, 5) is 40.6. The van der Waals surface area contributed by atoms with Crippen LogP contribution in [0.15, 0.2) is 54.6 Å². The molecule has 2 aromatic rings. The third kappa shape index (κ3) is 6.34. The number of nitrogens with one attached hydrogen (secondary N) is 2. The van der Waals surface area contributed by atoms with Crippen LogP contribution in [-0.2, 0) is 4.79 Å². The van der Waals surface area contributed by atoms with Gasteiger partial charge in [-0.2, -0.15) is 0 Å². The van der Waals surface area contributed by atoms with Crippen molar-refractivity contribution in [3.05, 3.63) is 65.7 Å². The lowest BCUT2D eigenvalue weighted by Gasteiger charge is -2.36. The number of hydrogen-bond acceptors (Lipinski definition) is 4. The number of para-hydroxylation sites is 1. The summed E-state index contributed by atoms with van der Waals surface area (Å²) in [6, 6.07) is 15.4. The zero-order chi connectivity index (χ0) is 23.8. The molecule has 0 unspecified atom stereocenters. The highest BCUT2D eigenvalue weighted by atomic mass is 16.5. The molecule has 1 saturated heterocycles. The van der Waals surface area contributed by atoms with Gasteiger partial charge in [-0.05, 0) is 48.9 Å². The van der Waals surface area contributed by atoms with Gasteiger partial charge < -0.3 is 20.3 Å². The first-order chi connectivity index (χ1) is 15.9. The smallest absolute Gasteiger partial charge is 0.257 e. The van der Waals surface area contributed by atoms with Crippen molar-refractivity contribution in [1.29, 1.82) is 0 Å². The molecule has 33 heavy (non-hydrogen) atoms. The van der Waals surface area contributed by atoms with Crippen LogP contribution in [0.1, 0.15) is 47.4 Å². The molecule has 1 fully saturated rings. The molecule has 0 aliphatic carbocycles. The fraction of sp³-hybridized carbons (Fsp3) is 0.423. The molecule has 7 nitrogen and oxygen atoms in total. The summed E-state index contributed by atoms with van der Waals surface area (Å²) in [5.74, 6) is 0.257. The zero-order valence-electron chi connectivity index (χ0n) is 19.5. The van der Waals surface area contributed by atoms with Crippen molar-refractivity contribution in [2.75, 3.05) is 26.7 Å². The van der Waals surface area contributed by atoms with E-state index < -0.39 is 6.04 Å². The second kappa shape index (κ2) is 11.5. The molecule has 0 radical (unpaired) electrons. The van der Waals surface area contributed by atoms with Gasteiger partial charge in [0.25, 0.3) is 11.8 Å². The maximum Gasteiger partial charge on any atom is 0.257 e. The Balaban J connectivity index is 1.69. The number of benzene rings is 2. The van der Waals surface area contributed by atoms with E-state index in [0.29, 0.717) is 55.3 Å². The highest BCUT2D eigenvalue weighted by Gasteiger charge is 2.34. The van der Waals surface area contributed by atoms with Gasteiger partial charge in [0.1, 0.15) is 11.8 Å². The molecule has 1 aliphatic heterocycles. The lowest BCUT2D eigenvalue weighted by Crippen LogP contribution is -2.54. The molecule has 2 N–H and O–H groups in total. The number of likely N-dealkylation sites (tertiary alicyclic amines) is 1. The van der Waals surface area contributed by atoms with E-state index in [9.17, 15) is 14.4 Å². The summed E-state index contributed by atoms with van der Waals surface area (Å²) < 4.78 is 5.33. The van der Waals surface area contributed by atoms with Crippen LogP contribution in [-0.4, -0.2) is 55.4 Å². The van der Waals surface area contributed by atoms with Crippen LogP contribution in [0.3, 0.4) is 0 Å². The molecule has 0 saturated carbocycles. The molecule has 1 heterocycles. The number of methoxy groups -OCH3 is 1. The van der Waals surface area contributed by atoms with Crippen molar-refractivity contribution in [3.63, 3.8) is 0 Å². The maximum atomic E-state index is 13.0. The number of nitrogens with zero attached hydrogens (tertiary/aromatic N) is 1. The highest BCUT2D eigenvalue weighted by Crippen LogP contribution is 2.25. The monoisotopic (exact) mass is 451 g/mol. The van der Waals surface area contributed by atoms with Crippen molar-refractivity contribution in [3.8, 4) is 5.75 Å². The van der Waals surface area contributed by atoms with Crippen LogP contribution in [0, 0.1) is 11.8 Å². The van der Waals surface area contributed by atoms with Crippen molar-refractivity contribution in [1.82, 2.24) is 15.5 Å². The van der Waals surface area contributed by atoms with Gasteiger partial charge in [0.05, 0.1) is 12.7 Å². The Morgan fingerprint density at radius 1 is 1.00 bits per heavy atom. The van der Waals surface area contributed by atoms with Crippen molar-refractivity contribution >= 4 is 17.7 Å². The molecule has 1 aliphatic rings. The Morgan fingerprint density at radius 2 is 1.64 bits per heavy atom. The molecule has 1 atom stereocenters. The summed E-state index contributed by atoms with van der Waals surface area (Å²) in [6.07, 6.45) is 1.24. The van der Waals surface area contributed by atoms with E-state index in [4.69, 9.17) is 4.74 Å². The summed E-state index contributed by atoms with van der Waals surface area (Å²) >= 11 is 0. The Morgan fingerprint density at radius 3 is 2.27 bits per heavy atom. The lowest BCUT2D eigenvalue weighted by atomic mass is 9.88. The molecule has 0 spiro atoms. The van der Waals surface area contributed by atoms with E-state index in [-0.39, 0.29) is 23.6 Å². The second-order valence-electron chi connectivity index (χ2n) is 8.79. The van der Waals surface area contributed by atoms with Crippen LogP contribution >= 0.6 is 0 Å². The number of hydrogen-bond donors (Lipinski definition) is 2. The first-order valence-electron chi connectivity index (χ1n) is 11.5. The minimum absolute atomic E-state index is 0.0634. The summed E-state index contributed by atoms with van der Waals surface area (Å²) in [5, 5.41) is 5.91. The van der Waals surface area contributed by atoms with E-state index in [1.54, 1.807) is 48.4 Å². The standard InChI is InChI=1S/C26H33N3O4/c1-18(2)17-27-25(31)23(28-24(30)20-9-5-4-6-10-20)19-13-15-29(16-14-19)26(32)21-11-7-8-12-22(21)33-3/h4-12,18-19,23H,13-17H2,1-3H3,(H,27,31)(H,28,30)/t23-/m0/s1. The van der Waals surface area contributed by atoms with E-state index in [1.165, 1.54) is 0 Å². The van der Waals surface area contributed by atoms with Gasteiger partial charge in [0, 0.05) is 25.2 Å². The molecule has 2 aromatic carbocycles. The number of ether oxygens (including phenoxy) is 1. The number of piperidine rings is 1. The Hall–Kier alpha value is -3.35. The predicted octanol–water partition coefficient (Wildman–Crippen LogP) is 3.12. The Kier molecular flexibility index (Phi) is 8.46. The van der Waals surface area contributed by atoms with Crippen molar-refractivity contribution in [2.24, 2.45) is 11.8 Å². The number of amides is 3. The molecular weight excluding hydrogens is 418 g/mol. The van der Waals surface area contributed by atoms with Crippen LogP contribution in [0.5, 0.6) is 5.75 Å². The van der Waals surface area contributed by atoms with E-state index in [2.05, 4.69) is 10.6 Å². The van der Waals surface area contributed by atoms with Crippen LogP contribution in [0.2, 0.25) is 0 Å². The lowest BCUT2D eigenvalue weighted by molar-refractivity contribution is -0.124. The zero-order valence-corrected chi connectivity index (χ0v) is 19.5. The average molecular weight is 452 g/mol. The normalized spacial score (nSPS) is 15.1. The quantitative estimate of drug-likeness (QED) is 0.646. The Bertz CT molecular complexity index is 953. The van der Waals surface area contributed by atoms with Gasteiger partial charge >= 0.3 is 0 Å². The van der Waals surface area contributed by atoms with Gasteiger partial charge in [-0.1, -0.05) is 44.2 Å². The Labute approximate surface area is 195 Å². The van der Waals surface area contributed by atoms with Crippen molar-refractivity contribution in [2.45, 2.75) is 32.7 Å². The minimum atomic E-state index is -0.653. The fourth-order valence-corrected chi connectivity index (χ4v) is 4.05.